The fourth-order valence-electron chi connectivity index (χ4n) is 3.79. The Labute approximate surface area is 172 Å². The van der Waals surface area contributed by atoms with Crippen LogP contribution in [0.1, 0.15) is 36.6 Å². The molecule has 1 fully saturated rings. The van der Waals surface area contributed by atoms with Crippen LogP contribution in [0.3, 0.4) is 0 Å². The van der Waals surface area contributed by atoms with Gasteiger partial charge in [0.15, 0.2) is 5.01 Å². The Hall–Kier alpha value is -3.13. The highest BCUT2D eigenvalue weighted by molar-refractivity contribution is 7.14. The monoisotopic (exact) mass is 403 g/mol. The number of pyridine rings is 3. The highest BCUT2D eigenvalue weighted by Crippen LogP contribution is 2.39. The molecule has 8 heteroatoms. The normalized spacial score (nSPS) is 14.5. The highest BCUT2D eigenvalue weighted by atomic mass is 32.1. The zero-order valence-corrected chi connectivity index (χ0v) is 16.9. The Kier molecular flexibility index (Phi) is 4.55. The summed E-state index contributed by atoms with van der Waals surface area (Å²) in [4.78, 5) is 15.4. The van der Waals surface area contributed by atoms with Crippen LogP contribution in [0.5, 0.6) is 0 Å². The van der Waals surface area contributed by atoms with Crippen molar-refractivity contribution < 1.29 is 0 Å². The molecule has 4 aromatic rings. The summed E-state index contributed by atoms with van der Waals surface area (Å²) in [6.07, 6.45) is 10.4. The average molecular weight is 404 g/mol. The summed E-state index contributed by atoms with van der Waals surface area (Å²) in [6.45, 7) is 0. The van der Waals surface area contributed by atoms with Crippen LogP contribution >= 0.6 is 11.3 Å². The van der Waals surface area contributed by atoms with E-state index in [9.17, 15) is 0 Å². The van der Waals surface area contributed by atoms with E-state index < -0.39 is 0 Å². The quantitative estimate of drug-likeness (QED) is 0.534. The van der Waals surface area contributed by atoms with Gasteiger partial charge in [-0.1, -0.05) is 24.2 Å². The zero-order valence-electron chi connectivity index (χ0n) is 16.1. The van der Waals surface area contributed by atoms with Gasteiger partial charge < -0.3 is 10.6 Å². The molecule has 0 saturated heterocycles. The lowest BCUT2D eigenvalue weighted by molar-refractivity contribution is 0.705. The van der Waals surface area contributed by atoms with E-state index in [1.807, 2.05) is 48.6 Å². The maximum Gasteiger partial charge on any atom is 0.151 e. The van der Waals surface area contributed by atoms with Crippen LogP contribution in [-0.2, 0) is 0 Å². The smallest absolute Gasteiger partial charge is 0.151 e. The maximum atomic E-state index is 6.30. The van der Waals surface area contributed by atoms with Crippen molar-refractivity contribution in [3.05, 3.63) is 47.9 Å². The average Bonchev–Trinajstić information content (AvgIpc) is 3.45. The molecule has 0 unspecified atom stereocenters. The Balaban J connectivity index is 1.49. The van der Waals surface area contributed by atoms with Crippen LogP contribution < -0.4 is 10.6 Å². The summed E-state index contributed by atoms with van der Waals surface area (Å²) < 4.78 is 0. The maximum absolute atomic E-state index is 6.30. The highest BCUT2D eigenvalue weighted by Gasteiger charge is 2.22. The van der Waals surface area contributed by atoms with Crippen LogP contribution in [-0.4, -0.2) is 32.2 Å². The van der Waals surface area contributed by atoms with Crippen molar-refractivity contribution in [2.45, 2.75) is 31.6 Å². The number of nitrogens with zero attached hydrogens (tertiary/aromatic N) is 6. The molecule has 0 aliphatic heterocycles. The van der Waals surface area contributed by atoms with E-state index in [1.54, 1.807) is 17.5 Å². The third-order valence-electron chi connectivity index (χ3n) is 5.48. The minimum Gasteiger partial charge on any atom is -0.383 e. The van der Waals surface area contributed by atoms with Crippen LogP contribution in [0.4, 0.5) is 17.2 Å². The van der Waals surface area contributed by atoms with E-state index in [-0.39, 0.29) is 0 Å². The van der Waals surface area contributed by atoms with Gasteiger partial charge in [-0.2, -0.15) is 0 Å². The van der Waals surface area contributed by atoms with Crippen molar-refractivity contribution in [2.24, 2.45) is 0 Å². The largest absolute Gasteiger partial charge is 0.383 e. The van der Waals surface area contributed by atoms with E-state index >= 15 is 0 Å². The molecule has 7 nitrogen and oxygen atoms in total. The molecule has 0 spiro atoms. The standard InChI is InChI=1S/C21H21N7S/c1-28(14-7-4-8-23-11-14)15-9-18-17(24-12-15)10-16(19(22)25-18)21-27-26-20(29-21)13-5-2-3-6-13/h4,7-13H,2-3,5-6H2,1H3,(H2,22,25). The van der Waals surface area contributed by atoms with E-state index in [0.717, 1.165) is 38.0 Å². The minimum atomic E-state index is 0.453. The topological polar surface area (TPSA) is 93.7 Å². The summed E-state index contributed by atoms with van der Waals surface area (Å²) in [5, 5.41) is 10.7. The lowest BCUT2D eigenvalue weighted by atomic mass is 10.1. The SMILES string of the molecule is CN(c1cccnc1)c1cnc2cc(-c3nnc(C4CCCC4)s3)c(N)nc2c1. The fraction of sp³-hybridized carbons (Fsp3) is 0.286. The van der Waals surface area contributed by atoms with Gasteiger partial charge in [-0.25, -0.2) is 4.98 Å². The Morgan fingerprint density at radius 1 is 1.07 bits per heavy atom. The number of hydrogen-bond acceptors (Lipinski definition) is 8. The summed E-state index contributed by atoms with van der Waals surface area (Å²) in [5.41, 5.74) is 10.5. The van der Waals surface area contributed by atoms with E-state index in [2.05, 4.69) is 25.1 Å². The summed E-state index contributed by atoms with van der Waals surface area (Å²) in [5.74, 6) is 0.995. The molecular weight excluding hydrogens is 382 g/mol. The molecule has 5 rings (SSSR count). The molecular formula is C21H21N7S. The number of hydrogen-bond donors (Lipinski definition) is 1. The first kappa shape index (κ1) is 17.9. The fourth-order valence-corrected chi connectivity index (χ4v) is 4.83. The molecule has 4 heterocycles. The molecule has 0 radical (unpaired) electrons. The summed E-state index contributed by atoms with van der Waals surface area (Å²) >= 11 is 1.63. The Bertz CT molecular complexity index is 1150. The molecule has 1 saturated carbocycles. The Morgan fingerprint density at radius 3 is 2.72 bits per heavy atom. The molecule has 1 aliphatic carbocycles. The van der Waals surface area contributed by atoms with Crippen LogP contribution in [0.15, 0.2) is 42.9 Å². The molecule has 29 heavy (non-hydrogen) atoms. The third-order valence-corrected chi connectivity index (χ3v) is 6.60. The predicted octanol–water partition coefficient (Wildman–Crippen LogP) is 4.55. The molecule has 0 atom stereocenters. The van der Waals surface area contributed by atoms with Gasteiger partial charge in [-0.05, 0) is 37.1 Å². The molecule has 0 amide bonds. The number of anilines is 3. The second kappa shape index (κ2) is 7.36. The number of aromatic nitrogens is 5. The zero-order chi connectivity index (χ0) is 19.8. The van der Waals surface area contributed by atoms with Crippen molar-refractivity contribution in [1.82, 2.24) is 25.1 Å². The van der Waals surface area contributed by atoms with E-state index in [1.165, 1.54) is 25.7 Å². The van der Waals surface area contributed by atoms with Crippen LogP contribution in [0, 0.1) is 0 Å². The number of nitrogen functional groups attached to an aromatic ring is 1. The molecule has 4 aromatic heterocycles. The lowest BCUT2D eigenvalue weighted by Gasteiger charge is -2.18. The van der Waals surface area contributed by atoms with Gasteiger partial charge in [-0.15, -0.1) is 10.2 Å². The minimum absolute atomic E-state index is 0.453. The first-order chi connectivity index (χ1) is 14.2. The van der Waals surface area contributed by atoms with Gasteiger partial charge in [0.2, 0.25) is 0 Å². The van der Waals surface area contributed by atoms with Gasteiger partial charge in [-0.3, -0.25) is 9.97 Å². The number of rotatable bonds is 4. The van der Waals surface area contributed by atoms with Gasteiger partial charge in [0.25, 0.3) is 0 Å². The first-order valence-electron chi connectivity index (χ1n) is 9.73. The van der Waals surface area contributed by atoms with Crippen molar-refractivity contribution in [3.8, 4) is 10.6 Å². The van der Waals surface area contributed by atoms with Crippen molar-refractivity contribution >= 4 is 39.6 Å². The van der Waals surface area contributed by atoms with Gasteiger partial charge >= 0.3 is 0 Å². The third kappa shape index (κ3) is 3.40. The van der Waals surface area contributed by atoms with Gasteiger partial charge in [0, 0.05) is 19.2 Å². The lowest BCUT2D eigenvalue weighted by Crippen LogP contribution is -2.10. The molecule has 0 bridgehead atoms. The molecule has 146 valence electrons. The Morgan fingerprint density at radius 2 is 1.93 bits per heavy atom. The number of fused-ring (bicyclic) bond motifs is 1. The predicted molar refractivity (Wildman–Crippen MR) is 116 cm³/mol. The van der Waals surface area contributed by atoms with Crippen LogP contribution in [0.2, 0.25) is 0 Å². The van der Waals surface area contributed by atoms with Crippen molar-refractivity contribution in [2.75, 3.05) is 17.7 Å². The molecule has 1 aliphatic rings. The second-order valence-corrected chi connectivity index (χ2v) is 8.36. The van der Waals surface area contributed by atoms with Crippen molar-refractivity contribution in [3.63, 3.8) is 0 Å². The second-order valence-electron chi connectivity index (χ2n) is 7.35. The van der Waals surface area contributed by atoms with Gasteiger partial charge in [0.05, 0.1) is 40.4 Å². The first-order valence-corrected chi connectivity index (χ1v) is 10.5. The van der Waals surface area contributed by atoms with E-state index in [0.29, 0.717) is 11.7 Å². The van der Waals surface area contributed by atoms with Crippen LogP contribution in [0.25, 0.3) is 21.6 Å². The van der Waals surface area contributed by atoms with Crippen molar-refractivity contribution in [1.29, 1.82) is 0 Å². The summed E-state index contributed by atoms with van der Waals surface area (Å²) in [7, 11) is 1.98. The number of nitrogens with two attached hydrogens (primary N) is 1. The van der Waals surface area contributed by atoms with E-state index in [4.69, 9.17) is 5.73 Å². The van der Waals surface area contributed by atoms with Gasteiger partial charge in [0.1, 0.15) is 10.8 Å². The molecule has 0 aromatic carbocycles. The summed E-state index contributed by atoms with van der Waals surface area (Å²) in [6, 6.07) is 7.86. The molecule has 2 N–H and O–H groups in total.